The molecular formula is C14H15Cl2N3OS. The summed E-state index contributed by atoms with van der Waals surface area (Å²) in [6, 6.07) is 5.27. The quantitative estimate of drug-likeness (QED) is 0.667. The predicted molar refractivity (Wildman–Crippen MR) is 90.5 cm³/mol. The highest BCUT2D eigenvalue weighted by atomic mass is 35.5. The fourth-order valence-electron chi connectivity index (χ4n) is 1.77. The van der Waals surface area contributed by atoms with Crippen LogP contribution in [-0.2, 0) is 4.79 Å². The fraction of sp³-hybridized carbons (Fsp3) is 0.357. The summed E-state index contributed by atoms with van der Waals surface area (Å²) in [7, 11) is 0. The van der Waals surface area contributed by atoms with E-state index in [9.17, 15) is 4.79 Å². The Morgan fingerprint density at radius 1 is 1.33 bits per heavy atom. The Balaban J connectivity index is 2.15. The van der Waals surface area contributed by atoms with Crippen LogP contribution in [0, 0.1) is 5.92 Å². The maximum Gasteiger partial charge on any atom is 0.239 e. The molecule has 112 valence electrons. The largest absolute Gasteiger partial charge is 0.303 e. The third-order valence-electron chi connectivity index (χ3n) is 2.96. The third kappa shape index (κ3) is 3.99. The normalized spacial score (nSPS) is 21.2. The molecule has 0 aliphatic carbocycles. The average Bonchev–Trinajstić information content (AvgIpc) is 2.80. The SMILES string of the molecule is C/C(=N\N=C1/NC(=O)C(C(C)C)S1)c1ccc(Cl)c(Cl)c1. The van der Waals surface area contributed by atoms with Gasteiger partial charge in [-0.1, -0.05) is 54.9 Å². The number of amides is 1. The second-order valence-electron chi connectivity index (χ2n) is 4.99. The van der Waals surface area contributed by atoms with Gasteiger partial charge in [-0.2, -0.15) is 5.10 Å². The zero-order valence-corrected chi connectivity index (χ0v) is 14.2. The monoisotopic (exact) mass is 343 g/mol. The van der Waals surface area contributed by atoms with Crippen molar-refractivity contribution in [2.24, 2.45) is 16.1 Å². The van der Waals surface area contributed by atoms with E-state index in [0.717, 1.165) is 5.56 Å². The Labute approximate surface area is 138 Å². The molecule has 0 saturated carbocycles. The number of halogens is 2. The Morgan fingerprint density at radius 2 is 2.05 bits per heavy atom. The molecule has 0 spiro atoms. The molecule has 1 N–H and O–H groups in total. The molecule has 21 heavy (non-hydrogen) atoms. The zero-order valence-electron chi connectivity index (χ0n) is 11.9. The van der Waals surface area contributed by atoms with E-state index in [2.05, 4.69) is 15.5 Å². The molecule has 1 aromatic rings. The van der Waals surface area contributed by atoms with Gasteiger partial charge in [0.2, 0.25) is 5.91 Å². The van der Waals surface area contributed by atoms with Gasteiger partial charge in [0.05, 0.1) is 21.0 Å². The van der Waals surface area contributed by atoms with Crippen LogP contribution in [0.5, 0.6) is 0 Å². The number of rotatable bonds is 3. The molecule has 2 rings (SSSR count). The van der Waals surface area contributed by atoms with Gasteiger partial charge in [-0.3, -0.25) is 4.79 Å². The van der Waals surface area contributed by atoms with Crippen molar-refractivity contribution < 1.29 is 4.79 Å². The highest BCUT2D eigenvalue weighted by molar-refractivity contribution is 8.15. The zero-order chi connectivity index (χ0) is 15.6. The standard InChI is InChI=1S/C14H15Cl2N3OS/c1-7(2)12-13(20)17-14(21-12)19-18-8(3)9-4-5-10(15)11(16)6-9/h4-7,12H,1-3H3,(H,17,19,20)/b18-8+. The van der Waals surface area contributed by atoms with E-state index in [1.165, 1.54) is 11.8 Å². The molecular weight excluding hydrogens is 329 g/mol. The van der Waals surface area contributed by atoms with Crippen LogP contribution in [0.2, 0.25) is 10.0 Å². The van der Waals surface area contributed by atoms with Crippen LogP contribution < -0.4 is 5.32 Å². The summed E-state index contributed by atoms with van der Waals surface area (Å²) in [4.78, 5) is 11.7. The molecule has 0 radical (unpaired) electrons. The van der Waals surface area contributed by atoms with Gasteiger partial charge in [0.25, 0.3) is 0 Å². The van der Waals surface area contributed by atoms with E-state index in [-0.39, 0.29) is 17.1 Å². The summed E-state index contributed by atoms with van der Waals surface area (Å²) in [5, 5.41) is 12.4. The number of thioether (sulfide) groups is 1. The Bertz CT molecular complexity index is 629. The number of nitrogens with one attached hydrogen (secondary N) is 1. The molecule has 1 unspecified atom stereocenters. The van der Waals surface area contributed by atoms with Crippen LogP contribution in [-0.4, -0.2) is 22.0 Å². The van der Waals surface area contributed by atoms with Gasteiger partial charge < -0.3 is 5.32 Å². The molecule has 1 aliphatic heterocycles. The number of nitrogens with zero attached hydrogens (tertiary/aromatic N) is 2. The van der Waals surface area contributed by atoms with Crippen molar-refractivity contribution >= 4 is 51.8 Å². The van der Waals surface area contributed by atoms with Crippen LogP contribution in [0.4, 0.5) is 0 Å². The predicted octanol–water partition coefficient (Wildman–Crippen LogP) is 3.96. The number of carbonyl (C=O) groups excluding carboxylic acids is 1. The van der Waals surface area contributed by atoms with Crippen LogP contribution in [0.15, 0.2) is 28.4 Å². The molecule has 1 heterocycles. The first kappa shape index (κ1) is 16.3. The third-order valence-corrected chi connectivity index (χ3v) is 5.12. The van der Waals surface area contributed by atoms with Crippen LogP contribution in [0.3, 0.4) is 0 Å². The first-order chi connectivity index (χ1) is 9.88. The molecule has 1 fully saturated rings. The smallest absolute Gasteiger partial charge is 0.239 e. The van der Waals surface area contributed by atoms with Gasteiger partial charge >= 0.3 is 0 Å². The first-order valence-electron chi connectivity index (χ1n) is 6.43. The number of carbonyl (C=O) groups is 1. The summed E-state index contributed by atoms with van der Waals surface area (Å²) in [5.74, 6) is 0.235. The van der Waals surface area contributed by atoms with E-state index < -0.39 is 0 Å². The number of hydrogen-bond donors (Lipinski definition) is 1. The van der Waals surface area contributed by atoms with E-state index in [4.69, 9.17) is 23.2 Å². The number of amidine groups is 1. The van der Waals surface area contributed by atoms with Crippen molar-refractivity contribution in [1.29, 1.82) is 0 Å². The van der Waals surface area contributed by atoms with Crippen molar-refractivity contribution in [2.45, 2.75) is 26.0 Å². The Kier molecular flexibility index (Phi) is 5.30. The van der Waals surface area contributed by atoms with Gasteiger partial charge in [-0.05, 0) is 30.5 Å². The summed E-state index contributed by atoms with van der Waals surface area (Å²) >= 11 is 13.3. The molecule has 1 amide bonds. The first-order valence-corrected chi connectivity index (χ1v) is 8.07. The van der Waals surface area contributed by atoms with E-state index in [1.807, 2.05) is 26.8 Å². The number of hydrogen-bond acceptors (Lipinski definition) is 4. The topological polar surface area (TPSA) is 53.8 Å². The molecule has 7 heteroatoms. The molecule has 0 aromatic heterocycles. The van der Waals surface area contributed by atoms with Gasteiger partial charge in [0, 0.05) is 0 Å². The Hall–Kier alpha value is -1.04. The van der Waals surface area contributed by atoms with Crippen molar-refractivity contribution in [2.75, 3.05) is 0 Å². The molecule has 1 aliphatic rings. The van der Waals surface area contributed by atoms with Crippen LogP contribution in [0.25, 0.3) is 0 Å². The molecule has 4 nitrogen and oxygen atoms in total. The molecule has 1 atom stereocenters. The van der Waals surface area contributed by atoms with Crippen LogP contribution >= 0.6 is 35.0 Å². The molecule has 1 saturated heterocycles. The van der Waals surface area contributed by atoms with E-state index in [0.29, 0.717) is 20.9 Å². The lowest BCUT2D eigenvalue weighted by Crippen LogP contribution is -2.27. The van der Waals surface area contributed by atoms with E-state index in [1.54, 1.807) is 12.1 Å². The molecule has 1 aromatic carbocycles. The van der Waals surface area contributed by atoms with Crippen molar-refractivity contribution in [1.82, 2.24) is 5.32 Å². The number of benzene rings is 1. The van der Waals surface area contributed by atoms with Crippen LogP contribution in [0.1, 0.15) is 26.3 Å². The minimum atomic E-state index is -0.107. The summed E-state index contributed by atoms with van der Waals surface area (Å²) in [5.41, 5.74) is 1.53. The average molecular weight is 344 g/mol. The lowest BCUT2D eigenvalue weighted by molar-refractivity contribution is -0.119. The Morgan fingerprint density at radius 3 is 2.62 bits per heavy atom. The summed E-state index contributed by atoms with van der Waals surface area (Å²) in [6.07, 6.45) is 0. The van der Waals surface area contributed by atoms with Gasteiger partial charge in [0.15, 0.2) is 5.17 Å². The van der Waals surface area contributed by atoms with Crippen molar-refractivity contribution in [3.05, 3.63) is 33.8 Å². The van der Waals surface area contributed by atoms with Gasteiger partial charge in [0.1, 0.15) is 0 Å². The second-order valence-corrected chi connectivity index (χ2v) is 6.94. The van der Waals surface area contributed by atoms with Crippen molar-refractivity contribution in [3.63, 3.8) is 0 Å². The van der Waals surface area contributed by atoms with Gasteiger partial charge in [-0.25, -0.2) is 0 Å². The fourth-order valence-corrected chi connectivity index (χ4v) is 2.99. The maximum absolute atomic E-state index is 11.7. The lowest BCUT2D eigenvalue weighted by Gasteiger charge is -2.07. The minimum Gasteiger partial charge on any atom is -0.303 e. The highest BCUT2D eigenvalue weighted by Gasteiger charge is 2.32. The molecule has 0 bridgehead atoms. The summed E-state index contributed by atoms with van der Waals surface area (Å²) < 4.78 is 0. The second kappa shape index (κ2) is 6.81. The summed E-state index contributed by atoms with van der Waals surface area (Å²) in [6.45, 7) is 5.83. The van der Waals surface area contributed by atoms with E-state index >= 15 is 0 Å². The minimum absolute atomic E-state index is 0.0175. The maximum atomic E-state index is 11.7. The van der Waals surface area contributed by atoms with Gasteiger partial charge in [-0.15, -0.1) is 5.10 Å². The van der Waals surface area contributed by atoms with Crippen molar-refractivity contribution in [3.8, 4) is 0 Å². The lowest BCUT2D eigenvalue weighted by atomic mass is 10.1. The highest BCUT2D eigenvalue weighted by Crippen LogP contribution is 2.26.